The second kappa shape index (κ2) is 8.88. The maximum absolute atomic E-state index is 13.9. The summed E-state index contributed by atoms with van der Waals surface area (Å²) < 4.78 is 59.9. The molecule has 2 aromatic rings. The van der Waals surface area contributed by atoms with Crippen LogP contribution in [0.3, 0.4) is 0 Å². The van der Waals surface area contributed by atoms with Gasteiger partial charge < -0.3 is 15.0 Å². The summed E-state index contributed by atoms with van der Waals surface area (Å²) in [4.78, 5) is 24.3. The Morgan fingerprint density at radius 3 is 2.52 bits per heavy atom. The minimum absolute atomic E-state index is 0.181. The van der Waals surface area contributed by atoms with Crippen LogP contribution in [0.25, 0.3) is 0 Å². The molecule has 0 unspecified atom stereocenters. The van der Waals surface area contributed by atoms with Crippen molar-refractivity contribution in [2.75, 3.05) is 31.2 Å². The molecule has 0 saturated carbocycles. The number of carbonyl (C=O) groups excluding carboxylic acids is 1. The zero-order valence-corrected chi connectivity index (χ0v) is 16.5. The fourth-order valence-electron chi connectivity index (χ4n) is 3.26. The Kier molecular flexibility index (Phi) is 6.44. The van der Waals surface area contributed by atoms with E-state index in [9.17, 15) is 32.5 Å². The van der Waals surface area contributed by atoms with Gasteiger partial charge in [0.15, 0.2) is 0 Å². The van der Waals surface area contributed by atoms with Gasteiger partial charge in [0, 0.05) is 37.0 Å². The van der Waals surface area contributed by atoms with Crippen LogP contribution < -0.4 is 10.2 Å². The van der Waals surface area contributed by atoms with Crippen LogP contribution in [0.5, 0.6) is 0 Å². The van der Waals surface area contributed by atoms with Gasteiger partial charge >= 0.3 is 6.18 Å². The molecular weight excluding hydrogens is 422 g/mol. The maximum atomic E-state index is 13.9. The summed E-state index contributed by atoms with van der Waals surface area (Å²) in [5.41, 5.74) is -1.87. The molecule has 7 nitrogen and oxygen atoms in total. The van der Waals surface area contributed by atoms with Crippen LogP contribution in [-0.4, -0.2) is 37.1 Å². The van der Waals surface area contributed by atoms with Crippen LogP contribution in [0.15, 0.2) is 30.3 Å². The molecule has 0 aromatic heterocycles. The minimum Gasteiger partial charge on any atom is -0.378 e. The number of rotatable bonds is 5. The van der Waals surface area contributed by atoms with Crippen molar-refractivity contribution in [1.82, 2.24) is 5.32 Å². The number of hydrogen-bond acceptors (Lipinski definition) is 5. The number of benzene rings is 2. The fraction of sp³-hybridized carbons (Fsp3) is 0.350. The number of carbonyl (C=O) groups is 1. The highest BCUT2D eigenvalue weighted by molar-refractivity contribution is 5.95. The van der Waals surface area contributed by atoms with Gasteiger partial charge in [-0.15, -0.1) is 0 Å². The van der Waals surface area contributed by atoms with E-state index in [1.807, 2.05) is 0 Å². The number of morpholine rings is 1. The highest BCUT2D eigenvalue weighted by Crippen LogP contribution is 2.35. The first kappa shape index (κ1) is 22.5. The number of halogens is 4. The fourth-order valence-corrected chi connectivity index (χ4v) is 3.26. The Balaban J connectivity index is 1.82. The Morgan fingerprint density at radius 2 is 1.90 bits per heavy atom. The molecule has 1 N–H and O–H groups in total. The van der Waals surface area contributed by atoms with Gasteiger partial charge in [0.25, 0.3) is 11.6 Å². The predicted molar refractivity (Wildman–Crippen MR) is 103 cm³/mol. The van der Waals surface area contributed by atoms with Crippen LogP contribution in [0.2, 0.25) is 0 Å². The minimum atomic E-state index is -4.66. The van der Waals surface area contributed by atoms with Crippen LogP contribution in [-0.2, 0) is 17.5 Å². The lowest BCUT2D eigenvalue weighted by atomic mass is 10.0. The van der Waals surface area contributed by atoms with Crippen LogP contribution in [0.1, 0.15) is 27.0 Å². The van der Waals surface area contributed by atoms with E-state index < -0.39 is 40.6 Å². The van der Waals surface area contributed by atoms with Crippen molar-refractivity contribution in [1.29, 1.82) is 0 Å². The summed E-state index contributed by atoms with van der Waals surface area (Å²) in [5, 5.41) is 13.3. The first-order chi connectivity index (χ1) is 14.6. The third-order valence-electron chi connectivity index (χ3n) is 4.99. The first-order valence-electron chi connectivity index (χ1n) is 9.33. The van der Waals surface area contributed by atoms with Crippen molar-refractivity contribution in [3.05, 3.63) is 68.5 Å². The zero-order valence-electron chi connectivity index (χ0n) is 16.5. The van der Waals surface area contributed by atoms with Crippen molar-refractivity contribution in [3.63, 3.8) is 0 Å². The number of amides is 1. The van der Waals surface area contributed by atoms with Crippen LogP contribution in [0.4, 0.5) is 28.9 Å². The van der Waals surface area contributed by atoms with E-state index >= 15 is 0 Å². The molecule has 11 heteroatoms. The van der Waals surface area contributed by atoms with E-state index in [0.29, 0.717) is 32.0 Å². The zero-order chi connectivity index (χ0) is 22.8. The molecule has 0 atom stereocenters. The molecule has 166 valence electrons. The summed E-state index contributed by atoms with van der Waals surface area (Å²) in [5.74, 6) is -1.88. The van der Waals surface area contributed by atoms with E-state index in [-0.39, 0.29) is 16.7 Å². The van der Waals surface area contributed by atoms with Gasteiger partial charge in [-0.3, -0.25) is 14.9 Å². The van der Waals surface area contributed by atoms with Gasteiger partial charge in [0.1, 0.15) is 5.82 Å². The number of nitro groups is 1. The second-order valence-electron chi connectivity index (χ2n) is 6.98. The number of anilines is 1. The lowest BCUT2D eigenvalue weighted by Gasteiger charge is -2.29. The van der Waals surface area contributed by atoms with Gasteiger partial charge in [-0.2, -0.15) is 13.2 Å². The molecule has 0 bridgehead atoms. The molecule has 31 heavy (non-hydrogen) atoms. The largest absolute Gasteiger partial charge is 0.416 e. The normalized spacial score (nSPS) is 14.4. The van der Waals surface area contributed by atoms with E-state index in [4.69, 9.17) is 4.74 Å². The molecule has 3 rings (SSSR count). The SMILES string of the molecule is Cc1c(F)cc(C(=O)NCc2ccc(N3CCOCC3)cc2C(F)(F)F)cc1[N+](=O)[O-]. The number of alkyl halides is 3. The van der Waals surface area contributed by atoms with Gasteiger partial charge in [-0.25, -0.2) is 4.39 Å². The number of nitrogens with one attached hydrogen (secondary N) is 1. The molecule has 1 amide bonds. The van der Waals surface area contributed by atoms with Crippen molar-refractivity contribution in [2.24, 2.45) is 0 Å². The molecule has 1 saturated heterocycles. The summed E-state index contributed by atoms with van der Waals surface area (Å²) in [6, 6.07) is 5.51. The van der Waals surface area contributed by atoms with Gasteiger partial charge in [0.05, 0.1) is 29.3 Å². The Bertz CT molecular complexity index is 1000. The maximum Gasteiger partial charge on any atom is 0.416 e. The van der Waals surface area contributed by atoms with E-state index in [1.54, 1.807) is 4.90 Å². The molecule has 1 aliphatic heterocycles. The van der Waals surface area contributed by atoms with Gasteiger partial charge in [-0.05, 0) is 30.7 Å². The third-order valence-corrected chi connectivity index (χ3v) is 4.99. The first-order valence-corrected chi connectivity index (χ1v) is 9.33. The van der Waals surface area contributed by atoms with Crippen LogP contribution >= 0.6 is 0 Å². The lowest BCUT2D eigenvalue weighted by Crippen LogP contribution is -2.36. The molecule has 1 aliphatic rings. The van der Waals surface area contributed by atoms with Gasteiger partial charge in [-0.1, -0.05) is 6.07 Å². The predicted octanol–water partition coefficient (Wildman–Crippen LogP) is 3.83. The van der Waals surface area contributed by atoms with E-state index in [2.05, 4.69) is 5.32 Å². The summed E-state index contributed by atoms with van der Waals surface area (Å²) >= 11 is 0. The molecule has 0 spiro atoms. The highest BCUT2D eigenvalue weighted by Gasteiger charge is 2.34. The topological polar surface area (TPSA) is 84.7 Å². The summed E-state index contributed by atoms with van der Waals surface area (Å²) in [7, 11) is 0. The monoisotopic (exact) mass is 441 g/mol. The Morgan fingerprint density at radius 1 is 1.23 bits per heavy atom. The quantitative estimate of drug-likeness (QED) is 0.433. The van der Waals surface area contributed by atoms with Crippen molar-refractivity contribution in [3.8, 4) is 0 Å². The molecule has 1 heterocycles. The highest BCUT2D eigenvalue weighted by atomic mass is 19.4. The number of hydrogen-bond donors (Lipinski definition) is 1. The molecule has 2 aromatic carbocycles. The standard InChI is InChI=1S/C20H19F4N3O4/c1-12-17(21)8-14(9-18(12)27(29)30)19(28)25-11-13-2-3-15(10-16(13)20(22,23)24)26-4-6-31-7-5-26/h2-3,8-10H,4-7,11H2,1H3,(H,25,28). The van der Waals surface area contributed by atoms with E-state index in [0.717, 1.165) is 18.2 Å². The average Bonchev–Trinajstić information content (AvgIpc) is 2.73. The van der Waals surface area contributed by atoms with Crippen LogP contribution in [0, 0.1) is 22.9 Å². The smallest absolute Gasteiger partial charge is 0.378 e. The molecule has 1 fully saturated rings. The summed E-state index contributed by atoms with van der Waals surface area (Å²) in [6.07, 6.45) is -4.66. The average molecular weight is 441 g/mol. The third kappa shape index (κ3) is 5.10. The van der Waals surface area contributed by atoms with Crippen molar-refractivity contribution in [2.45, 2.75) is 19.6 Å². The lowest BCUT2D eigenvalue weighted by molar-refractivity contribution is -0.385. The summed E-state index contributed by atoms with van der Waals surface area (Å²) in [6.45, 7) is 2.47. The van der Waals surface area contributed by atoms with Gasteiger partial charge in [0.2, 0.25) is 0 Å². The Hall–Kier alpha value is -3.21. The van der Waals surface area contributed by atoms with E-state index in [1.165, 1.54) is 19.1 Å². The van der Waals surface area contributed by atoms with Crippen molar-refractivity contribution < 1.29 is 32.0 Å². The number of nitro benzene ring substituents is 1. The second-order valence-corrected chi connectivity index (χ2v) is 6.98. The number of nitrogens with zero attached hydrogens (tertiary/aromatic N) is 2. The molecular formula is C20H19F4N3O4. The Labute approximate surface area is 174 Å². The molecule has 0 radical (unpaired) electrons. The molecule has 0 aliphatic carbocycles. The van der Waals surface area contributed by atoms with Crippen molar-refractivity contribution >= 4 is 17.3 Å². The number of ether oxygens (including phenoxy) is 1.